The maximum atomic E-state index is 5.30. The minimum atomic E-state index is 0.609. The zero-order valence-corrected chi connectivity index (χ0v) is 12.6. The number of nitrogens with one attached hydrogen (secondary N) is 1. The van der Waals surface area contributed by atoms with Gasteiger partial charge in [0.05, 0.1) is 13.2 Å². The summed E-state index contributed by atoms with van der Waals surface area (Å²) in [5.74, 6) is 0.853. The van der Waals surface area contributed by atoms with Crippen molar-refractivity contribution in [3.63, 3.8) is 0 Å². The van der Waals surface area contributed by atoms with E-state index in [4.69, 9.17) is 21.9 Å². The molecule has 0 bridgehead atoms. The lowest BCUT2D eigenvalue weighted by atomic mass is 10.1. The molecule has 0 fully saturated rings. The molecule has 2 aromatic rings. The van der Waals surface area contributed by atoms with Crippen LogP contribution in [0.25, 0.3) is 11.4 Å². The van der Waals surface area contributed by atoms with Crippen molar-refractivity contribution in [3.05, 3.63) is 27.8 Å². The summed E-state index contributed by atoms with van der Waals surface area (Å²) in [6.07, 6.45) is 3.40. The number of fused-ring (bicyclic) bond motifs is 1. The molecule has 2 aromatic heterocycles. The van der Waals surface area contributed by atoms with Gasteiger partial charge in [-0.05, 0) is 50.0 Å². The average Bonchev–Trinajstić information content (AvgIpc) is 3.02. The number of methoxy groups -OCH3 is 1. The second-order valence-electron chi connectivity index (χ2n) is 5.08. The Morgan fingerprint density at radius 3 is 3.10 bits per heavy atom. The smallest absolute Gasteiger partial charge is 0.195 e. The molecule has 0 atom stereocenters. The van der Waals surface area contributed by atoms with Crippen molar-refractivity contribution in [1.29, 1.82) is 0 Å². The van der Waals surface area contributed by atoms with E-state index in [9.17, 15) is 0 Å². The number of rotatable bonds is 4. The fraction of sp³-hybridized carbons (Fsp3) is 0.500. The van der Waals surface area contributed by atoms with E-state index < -0.39 is 0 Å². The number of H-pyrrole nitrogens is 1. The Balaban J connectivity index is 2.07. The normalized spacial score (nSPS) is 13.7. The molecule has 106 valence electrons. The average molecular weight is 290 g/mol. The van der Waals surface area contributed by atoms with Crippen LogP contribution in [0.3, 0.4) is 0 Å². The van der Waals surface area contributed by atoms with E-state index in [1.165, 1.54) is 17.7 Å². The molecule has 0 radical (unpaired) electrons. The maximum Gasteiger partial charge on any atom is 0.195 e. The highest BCUT2D eigenvalue weighted by atomic mass is 32.1. The van der Waals surface area contributed by atoms with E-state index in [0.29, 0.717) is 17.9 Å². The first-order valence-electron chi connectivity index (χ1n) is 6.84. The van der Waals surface area contributed by atoms with Crippen LogP contribution in [-0.2, 0) is 24.1 Å². The number of nitrogens with zero attached hydrogens (tertiary/aromatic N) is 3. The van der Waals surface area contributed by atoms with E-state index in [-0.39, 0.29) is 0 Å². The standard InChI is InChI=1S/C14H18N4OS/c1-9-11(8-10-4-3-5-12(10)15-9)13-16-17-14(20)18(13)6-7-19-2/h8H,3-7H2,1-2H3,(H,17,20). The molecule has 5 nitrogen and oxygen atoms in total. The molecule has 2 heterocycles. The summed E-state index contributed by atoms with van der Waals surface area (Å²) < 4.78 is 7.74. The third-order valence-corrected chi connectivity index (χ3v) is 4.07. The number of aromatic nitrogens is 4. The Morgan fingerprint density at radius 2 is 2.30 bits per heavy atom. The minimum Gasteiger partial charge on any atom is -0.383 e. The Hall–Kier alpha value is -1.53. The van der Waals surface area contributed by atoms with Crippen molar-refractivity contribution >= 4 is 12.2 Å². The Kier molecular flexibility index (Phi) is 3.67. The van der Waals surface area contributed by atoms with E-state index in [2.05, 4.69) is 16.3 Å². The highest BCUT2D eigenvalue weighted by Gasteiger charge is 2.18. The van der Waals surface area contributed by atoms with Gasteiger partial charge in [-0.2, -0.15) is 5.10 Å². The third-order valence-electron chi connectivity index (χ3n) is 3.76. The lowest BCUT2D eigenvalue weighted by Crippen LogP contribution is -2.07. The molecule has 3 rings (SSSR count). The molecule has 0 aliphatic heterocycles. The van der Waals surface area contributed by atoms with Gasteiger partial charge in [-0.25, -0.2) is 0 Å². The lowest BCUT2D eigenvalue weighted by molar-refractivity contribution is 0.187. The summed E-state index contributed by atoms with van der Waals surface area (Å²) in [5, 5.41) is 7.25. The molecular formula is C14H18N4OS. The summed E-state index contributed by atoms with van der Waals surface area (Å²) >= 11 is 5.30. The van der Waals surface area contributed by atoms with Crippen molar-refractivity contribution in [1.82, 2.24) is 19.7 Å². The number of hydrogen-bond donors (Lipinski definition) is 1. The Labute approximate surface area is 123 Å². The maximum absolute atomic E-state index is 5.30. The molecule has 0 amide bonds. The van der Waals surface area contributed by atoms with Gasteiger partial charge in [0.2, 0.25) is 0 Å². The highest BCUT2D eigenvalue weighted by Crippen LogP contribution is 2.28. The zero-order chi connectivity index (χ0) is 14.1. The van der Waals surface area contributed by atoms with Crippen LogP contribution in [0.5, 0.6) is 0 Å². The predicted octanol–water partition coefficient (Wildman–Crippen LogP) is 2.45. The number of aromatic amines is 1. The predicted molar refractivity (Wildman–Crippen MR) is 79.3 cm³/mol. The monoisotopic (exact) mass is 290 g/mol. The molecule has 1 N–H and O–H groups in total. The van der Waals surface area contributed by atoms with Crippen molar-refractivity contribution in [2.45, 2.75) is 32.7 Å². The van der Waals surface area contributed by atoms with Gasteiger partial charge in [0, 0.05) is 24.1 Å². The van der Waals surface area contributed by atoms with Gasteiger partial charge in [-0.3, -0.25) is 14.6 Å². The van der Waals surface area contributed by atoms with Crippen LogP contribution in [0.4, 0.5) is 0 Å². The molecule has 20 heavy (non-hydrogen) atoms. The first kappa shape index (κ1) is 13.5. The molecule has 0 spiro atoms. The summed E-state index contributed by atoms with van der Waals surface area (Å²) in [6.45, 7) is 3.34. The summed E-state index contributed by atoms with van der Waals surface area (Å²) in [7, 11) is 1.69. The van der Waals surface area contributed by atoms with Crippen LogP contribution in [0.2, 0.25) is 0 Å². The largest absolute Gasteiger partial charge is 0.383 e. The molecule has 0 saturated heterocycles. The molecule has 1 aliphatic carbocycles. The SMILES string of the molecule is COCCn1c(-c2cc3c(nc2C)CCC3)n[nH]c1=S. The van der Waals surface area contributed by atoms with Crippen LogP contribution in [0, 0.1) is 11.7 Å². The van der Waals surface area contributed by atoms with E-state index >= 15 is 0 Å². The van der Waals surface area contributed by atoms with Crippen LogP contribution >= 0.6 is 12.2 Å². The fourth-order valence-electron chi connectivity index (χ4n) is 2.72. The quantitative estimate of drug-likeness (QED) is 0.879. The number of aryl methyl sites for hydroxylation is 3. The minimum absolute atomic E-state index is 0.609. The molecular weight excluding hydrogens is 272 g/mol. The first-order chi connectivity index (χ1) is 9.70. The molecule has 1 aliphatic rings. The van der Waals surface area contributed by atoms with Crippen molar-refractivity contribution in [2.24, 2.45) is 0 Å². The third kappa shape index (κ3) is 2.29. The highest BCUT2D eigenvalue weighted by molar-refractivity contribution is 7.71. The van der Waals surface area contributed by atoms with E-state index in [1.807, 2.05) is 11.5 Å². The van der Waals surface area contributed by atoms with E-state index in [0.717, 1.165) is 29.9 Å². The van der Waals surface area contributed by atoms with Crippen molar-refractivity contribution in [2.75, 3.05) is 13.7 Å². The van der Waals surface area contributed by atoms with Gasteiger partial charge in [0.1, 0.15) is 0 Å². The molecule has 0 aromatic carbocycles. The van der Waals surface area contributed by atoms with Crippen LogP contribution in [-0.4, -0.2) is 33.5 Å². The van der Waals surface area contributed by atoms with Crippen molar-refractivity contribution < 1.29 is 4.74 Å². The second kappa shape index (κ2) is 5.46. The van der Waals surface area contributed by atoms with Crippen LogP contribution in [0.15, 0.2) is 6.07 Å². The zero-order valence-electron chi connectivity index (χ0n) is 11.8. The summed E-state index contributed by atoms with van der Waals surface area (Å²) in [4.78, 5) is 4.73. The Bertz CT molecular complexity index is 689. The van der Waals surface area contributed by atoms with Crippen LogP contribution < -0.4 is 0 Å². The lowest BCUT2D eigenvalue weighted by Gasteiger charge is -2.10. The number of pyridine rings is 1. The number of ether oxygens (including phenoxy) is 1. The van der Waals surface area contributed by atoms with Gasteiger partial charge in [0.15, 0.2) is 10.6 Å². The molecule has 0 saturated carbocycles. The Morgan fingerprint density at radius 1 is 1.45 bits per heavy atom. The summed E-state index contributed by atoms with van der Waals surface area (Å²) in [5.41, 5.74) is 4.66. The molecule has 6 heteroatoms. The summed E-state index contributed by atoms with van der Waals surface area (Å²) in [6, 6.07) is 2.22. The van der Waals surface area contributed by atoms with Gasteiger partial charge < -0.3 is 4.74 Å². The van der Waals surface area contributed by atoms with Crippen LogP contribution in [0.1, 0.15) is 23.4 Å². The van der Waals surface area contributed by atoms with Gasteiger partial charge in [0.25, 0.3) is 0 Å². The topological polar surface area (TPSA) is 55.7 Å². The fourth-order valence-corrected chi connectivity index (χ4v) is 2.94. The second-order valence-corrected chi connectivity index (χ2v) is 5.46. The van der Waals surface area contributed by atoms with Crippen molar-refractivity contribution in [3.8, 4) is 11.4 Å². The molecule has 0 unspecified atom stereocenters. The van der Waals surface area contributed by atoms with Gasteiger partial charge >= 0.3 is 0 Å². The number of hydrogen-bond acceptors (Lipinski definition) is 4. The first-order valence-corrected chi connectivity index (χ1v) is 7.25. The van der Waals surface area contributed by atoms with Gasteiger partial charge in [-0.15, -0.1) is 0 Å². The van der Waals surface area contributed by atoms with E-state index in [1.54, 1.807) is 7.11 Å². The van der Waals surface area contributed by atoms with Gasteiger partial charge in [-0.1, -0.05) is 0 Å².